The quantitative estimate of drug-likeness (QED) is 0.775. The molecule has 0 aromatic carbocycles. The fraction of sp³-hybridized carbons (Fsp3) is 0.308. The predicted octanol–water partition coefficient (Wildman–Crippen LogP) is 1.54. The molecule has 1 rings (SSSR count). The summed E-state index contributed by atoms with van der Waals surface area (Å²) < 4.78 is 0. The average Bonchev–Trinajstić information content (AvgIpc) is 2.34. The smallest absolute Gasteiger partial charge is 0.326 e. The normalized spacial score (nSPS) is 12.3. The largest absolute Gasteiger partial charge is 0.480 e. The van der Waals surface area contributed by atoms with Gasteiger partial charge in [-0.15, -0.1) is 0 Å². The number of nitrogens with one attached hydrogen (secondary N) is 1. The molecule has 5 heteroatoms. The Balaban J connectivity index is 2.79. The van der Waals surface area contributed by atoms with Crippen LogP contribution in [0, 0.1) is 6.92 Å². The van der Waals surface area contributed by atoms with E-state index in [4.69, 9.17) is 5.11 Å². The van der Waals surface area contributed by atoms with Crippen LogP contribution in [0.5, 0.6) is 0 Å². The van der Waals surface area contributed by atoms with Gasteiger partial charge in [-0.2, -0.15) is 0 Å². The molecular formula is C13H16N2O3. The summed E-state index contributed by atoms with van der Waals surface area (Å²) in [7, 11) is 0. The minimum absolute atomic E-state index is 0.253. The summed E-state index contributed by atoms with van der Waals surface area (Å²) in [5, 5.41) is 11.5. The van der Waals surface area contributed by atoms with E-state index in [1.807, 2.05) is 0 Å². The minimum Gasteiger partial charge on any atom is -0.480 e. The number of aliphatic carboxylic acids is 1. The Morgan fingerprint density at radius 2 is 2.28 bits per heavy atom. The zero-order valence-electron chi connectivity index (χ0n) is 10.4. The second-order valence-corrected chi connectivity index (χ2v) is 3.84. The molecule has 5 nitrogen and oxygen atoms in total. The van der Waals surface area contributed by atoms with E-state index in [1.54, 1.807) is 38.1 Å². The molecule has 0 saturated carbocycles. The Labute approximate surface area is 106 Å². The fourth-order valence-corrected chi connectivity index (χ4v) is 1.44. The molecule has 1 amide bonds. The summed E-state index contributed by atoms with van der Waals surface area (Å²) in [4.78, 5) is 26.8. The van der Waals surface area contributed by atoms with Crippen molar-refractivity contribution in [2.45, 2.75) is 26.3 Å². The van der Waals surface area contributed by atoms with E-state index in [0.717, 1.165) is 0 Å². The number of amides is 1. The first-order valence-corrected chi connectivity index (χ1v) is 5.62. The van der Waals surface area contributed by atoms with Gasteiger partial charge in [0.1, 0.15) is 11.7 Å². The Bertz CT molecular complexity index is 469. The molecule has 0 spiro atoms. The molecule has 0 aliphatic heterocycles. The number of aryl methyl sites for hydroxylation is 1. The topological polar surface area (TPSA) is 79.3 Å². The Hall–Kier alpha value is -2.17. The van der Waals surface area contributed by atoms with Crippen molar-refractivity contribution in [2.75, 3.05) is 0 Å². The second kappa shape index (κ2) is 6.54. The standard InChI is InChI=1S/C13H16N2O3/c1-3-4-7-10(13(17)18)15-12(16)11-9(2)6-5-8-14-11/h3-6,8,10H,7H2,1-2H3,(H,15,16)(H,17,18)/b4-3+. The van der Waals surface area contributed by atoms with Gasteiger partial charge in [-0.05, 0) is 31.9 Å². The highest BCUT2D eigenvalue weighted by Gasteiger charge is 2.20. The van der Waals surface area contributed by atoms with Crippen LogP contribution in [-0.4, -0.2) is 28.0 Å². The maximum atomic E-state index is 11.9. The van der Waals surface area contributed by atoms with E-state index in [0.29, 0.717) is 5.56 Å². The molecule has 1 heterocycles. The Kier molecular flexibility index (Phi) is 5.05. The number of carboxylic acids is 1. The van der Waals surface area contributed by atoms with Crippen molar-refractivity contribution in [1.29, 1.82) is 0 Å². The maximum absolute atomic E-state index is 11.9. The maximum Gasteiger partial charge on any atom is 0.326 e. The van der Waals surface area contributed by atoms with Gasteiger partial charge in [-0.25, -0.2) is 4.79 Å². The van der Waals surface area contributed by atoms with Gasteiger partial charge in [0.15, 0.2) is 0 Å². The van der Waals surface area contributed by atoms with Crippen LogP contribution in [0.15, 0.2) is 30.5 Å². The number of hydrogen-bond acceptors (Lipinski definition) is 3. The predicted molar refractivity (Wildman–Crippen MR) is 67.3 cm³/mol. The van der Waals surface area contributed by atoms with E-state index in [2.05, 4.69) is 10.3 Å². The van der Waals surface area contributed by atoms with Crippen molar-refractivity contribution in [3.63, 3.8) is 0 Å². The van der Waals surface area contributed by atoms with Crippen molar-refractivity contribution in [3.8, 4) is 0 Å². The number of hydrogen-bond donors (Lipinski definition) is 2. The molecule has 18 heavy (non-hydrogen) atoms. The number of rotatable bonds is 5. The molecule has 0 radical (unpaired) electrons. The molecule has 96 valence electrons. The summed E-state index contributed by atoms with van der Waals surface area (Å²) in [5.41, 5.74) is 0.967. The third-order valence-electron chi connectivity index (χ3n) is 2.44. The van der Waals surface area contributed by atoms with Gasteiger partial charge in [0.2, 0.25) is 0 Å². The minimum atomic E-state index is -1.06. The lowest BCUT2D eigenvalue weighted by Crippen LogP contribution is -2.41. The lowest BCUT2D eigenvalue weighted by atomic mass is 10.1. The Morgan fingerprint density at radius 3 is 2.83 bits per heavy atom. The molecule has 0 saturated heterocycles. The van der Waals surface area contributed by atoms with Gasteiger partial charge in [-0.1, -0.05) is 18.2 Å². The van der Waals surface area contributed by atoms with E-state index < -0.39 is 17.9 Å². The Morgan fingerprint density at radius 1 is 1.56 bits per heavy atom. The summed E-state index contributed by atoms with van der Waals surface area (Å²) in [6.07, 6.45) is 5.20. The van der Waals surface area contributed by atoms with Gasteiger partial charge in [-0.3, -0.25) is 9.78 Å². The summed E-state index contributed by atoms with van der Waals surface area (Å²) in [5.74, 6) is -1.53. The van der Waals surface area contributed by atoms with Crippen LogP contribution in [0.2, 0.25) is 0 Å². The molecule has 1 atom stereocenters. The van der Waals surface area contributed by atoms with Gasteiger partial charge in [0.25, 0.3) is 5.91 Å². The molecule has 0 aliphatic rings. The van der Waals surface area contributed by atoms with Crippen molar-refractivity contribution < 1.29 is 14.7 Å². The number of carboxylic acid groups (broad SMARTS) is 1. The molecular weight excluding hydrogens is 232 g/mol. The molecule has 0 fully saturated rings. The monoisotopic (exact) mass is 248 g/mol. The van der Waals surface area contributed by atoms with Crippen LogP contribution in [0.3, 0.4) is 0 Å². The molecule has 1 unspecified atom stereocenters. The highest BCUT2D eigenvalue weighted by molar-refractivity contribution is 5.96. The van der Waals surface area contributed by atoms with Crippen LogP contribution < -0.4 is 5.32 Å². The average molecular weight is 248 g/mol. The van der Waals surface area contributed by atoms with E-state index in [-0.39, 0.29) is 12.1 Å². The summed E-state index contributed by atoms with van der Waals surface area (Å²) in [6.45, 7) is 3.55. The number of nitrogens with zero attached hydrogens (tertiary/aromatic N) is 1. The lowest BCUT2D eigenvalue weighted by Gasteiger charge is -2.13. The van der Waals surface area contributed by atoms with E-state index in [1.165, 1.54) is 6.20 Å². The SMILES string of the molecule is C/C=C/CC(NC(=O)c1ncccc1C)C(=O)O. The number of carbonyl (C=O) groups excluding carboxylic acids is 1. The first-order valence-electron chi connectivity index (χ1n) is 5.62. The van der Waals surface area contributed by atoms with Crippen molar-refractivity contribution >= 4 is 11.9 Å². The van der Waals surface area contributed by atoms with Gasteiger partial charge in [0.05, 0.1) is 0 Å². The molecule has 1 aromatic rings. The third kappa shape index (κ3) is 3.69. The van der Waals surface area contributed by atoms with Crippen LogP contribution in [0.4, 0.5) is 0 Å². The summed E-state index contributed by atoms with van der Waals surface area (Å²) in [6, 6.07) is 2.54. The zero-order valence-corrected chi connectivity index (χ0v) is 10.4. The van der Waals surface area contributed by atoms with Crippen molar-refractivity contribution in [2.24, 2.45) is 0 Å². The number of pyridine rings is 1. The zero-order chi connectivity index (χ0) is 13.5. The van der Waals surface area contributed by atoms with E-state index in [9.17, 15) is 9.59 Å². The van der Waals surface area contributed by atoms with Crippen molar-refractivity contribution in [1.82, 2.24) is 10.3 Å². The first kappa shape index (κ1) is 13.9. The third-order valence-corrected chi connectivity index (χ3v) is 2.44. The van der Waals surface area contributed by atoms with Gasteiger partial charge >= 0.3 is 5.97 Å². The van der Waals surface area contributed by atoms with Gasteiger partial charge < -0.3 is 10.4 Å². The molecule has 1 aromatic heterocycles. The van der Waals surface area contributed by atoms with Crippen molar-refractivity contribution in [3.05, 3.63) is 41.7 Å². The molecule has 0 aliphatic carbocycles. The van der Waals surface area contributed by atoms with Crippen LogP contribution in [0.25, 0.3) is 0 Å². The van der Waals surface area contributed by atoms with Crippen LogP contribution in [0.1, 0.15) is 29.4 Å². The fourth-order valence-electron chi connectivity index (χ4n) is 1.44. The number of carbonyl (C=O) groups is 2. The molecule has 0 bridgehead atoms. The molecule has 2 N–H and O–H groups in total. The van der Waals surface area contributed by atoms with Gasteiger partial charge in [0, 0.05) is 6.20 Å². The van der Waals surface area contributed by atoms with Crippen LogP contribution >= 0.6 is 0 Å². The highest BCUT2D eigenvalue weighted by atomic mass is 16.4. The first-order chi connectivity index (χ1) is 8.56. The number of allylic oxidation sites excluding steroid dienone is 1. The number of aromatic nitrogens is 1. The highest BCUT2D eigenvalue weighted by Crippen LogP contribution is 2.04. The summed E-state index contributed by atoms with van der Waals surface area (Å²) >= 11 is 0. The second-order valence-electron chi connectivity index (χ2n) is 3.84. The van der Waals surface area contributed by atoms with Crippen LogP contribution in [-0.2, 0) is 4.79 Å². The lowest BCUT2D eigenvalue weighted by molar-refractivity contribution is -0.139. The van der Waals surface area contributed by atoms with E-state index >= 15 is 0 Å².